The molecule has 2 nitrogen and oxygen atoms in total. The summed E-state index contributed by atoms with van der Waals surface area (Å²) in [6, 6.07) is 10.9. The molecule has 0 bridgehead atoms. The lowest BCUT2D eigenvalue weighted by Crippen LogP contribution is -2.45. The molecule has 4 atom stereocenters. The fourth-order valence-electron chi connectivity index (χ4n) is 3.71. The maximum absolute atomic E-state index is 10.9. The van der Waals surface area contributed by atoms with E-state index in [1.165, 1.54) is 25.7 Å². The highest BCUT2D eigenvalue weighted by molar-refractivity contribution is 5.24. The van der Waals surface area contributed by atoms with E-state index in [4.69, 9.17) is 0 Å². The van der Waals surface area contributed by atoms with Crippen LogP contribution in [0.5, 0.6) is 0 Å². The van der Waals surface area contributed by atoms with Crippen molar-refractivity contribution in [3.05, 3.63) is 35.9 Å². The van der Waals surface area contributed by atoms with E-state index < -0.39 is 5.60 Å². The van der Waals surface area contributed by atoms with Crippen molar-refractivity contribution >= 4 is 0 Å². The van der Waals surface area contributed by atoms with Gasteiger partial charge in [-0.15, -0.1) is 0 Å². The lowest BCUT2D eigenvalue weighted by atomic mass is 9.81. The van der Waals surface area contributed by atoms with Gasteiger partial charge in [-0.25, -0.2) is 0 Å². The average molecular weight is 245 g/mol. The lowest BCUT2D eigenvalue weighted by molar-refractivity contribution is 0.0196. The normalized spacial score (nSPS) is 34.9. The van der Waals surface area contributed by atoms with Crippen LogP contribution in [-0.4, -0.2) is 17.2 Å². The summed E-state index contributed by atoms with van der Waals surface area (Å²) in [7, 11) is 0. The third kappa shape index (κ3) is 2.08. The van der Waals surface area contributed by atoms with E-state index in [1.807, 2.05) is 37.3 Å². The Balaban J connectivity index is 1.79. The molecule has 2 heteroatoms. The lowest BCUT2D eigenvalue weighted by Gasteiger charge is -2.31. The maximum Gasteiger partial charge on any atom is 0.102 e. The third-order valence-corrected chi connectivity index (χ3v) is 4.90. The Labute approximate surface area is 109 Å². The van der Waals surface area contributed by atoms with Crippen molar-refractivity contribution in [2.24, 2.45) is 5.92 Å². The van der Waals surface area contributed by atoms with Crippen LogP contribution in [0.25, 0.3) is 0 Å². The van der Waals surface area contributed by atoms with E-state index in [2.05, 4.69) is 5.32 Å². The largest absolute Gasteiger partial charge is 0.384 e. The molecule has 1 saturated heterocycles. The molecular weight excluding hydrogens is 222 g/mol. The molecule has 98 valence electrons. The second-order valence-corrected chi connectivity index (χ2v) is 6.12. The number of hydrogen-bond acceptors (Lipinski definition) is 2. The molecule has 3 rings (SSSR count). The van der Waals surface area contributed by atoms with Crippen LogP contribution in [0.3, 0.4) is 0 Å². The predicted molar refractivity (Wildman–Crippen MR) is 73.3 cm³/mol. The van der Waals surface area contributed by atoms with Crippen molar-refractivity contribution in [1.29, 1.82) is 0 Å². The van der Waals surface area contributed by atoms with Crippen LogP contribution in [0.15, 0.2) is 30.3 Å². The summed E-state index contributed by atoms with van der Waals surface area (Å²) in [6.45, 7) is 1.96. The topological polar surface area (TPSA) is 32.3 Å². The van der Waals surface area contributed by atoms with Gasteiger partial charge in [0.05, 0.1) is 0 Å². The van der Waals surface area contributed by atoms with E-state index in [9.17, 15) is 5.11 Å². The molecule has 1 saturated carbocycles. The molecule has 1 heterocycles. The molecule has 1 aliphatic heterocycles. The van der Waals surface area contributed by atoms with Gasteiger partial charge < -0.3 is 10.4 Å². The van der Waals surface area contributed by atoms with Gasteiger partial charge in [0.2, 0.25) is 0 Å². The molecule has 0 aromatic heterocycles. The van der Waals surface area contributed by atoms with Crippen molar-refractivity contribution in [2.75, 3.05) is 0 Å². The van der Waals surface area contributed by atoms with E-state index in [1.54, 1.807) is 0 Å². The van der Waals surface area contributed by atoms with Gasteiger partial charge in [-0.05, 0) is 37.7 Å². The standard InChI is InChI=1S/C16H23NO/c1-16(18,13-8-3-2-4-9-13)15-11-12-7-5-6-10-14(12)17-15/h2-4,8-9,12,14-15,17-18H,5-7,10-11H2,1H3/t12-,14-,15?,16+/m0/s1. The first-order valence-corrected chi connectivity index (χ1v) is 7.22. The smallest absolute Gasteiger partial charge is 0.102 e. The molecule has 1 unspecified atom stereocenters. The van der Waals surface area contributed by atoms with Crippen LogP contribution in [0.4, 0.5) is 0 Å². The number of hydrogen-bond donors (Lipinski definition) is 2. The van der Waals surface area contributed by atoms with Gasteiger partial charge in [0.1, 0.15) is 5.60 Å². The Morgan fingerprint density at radius 1 is 1.17 bits per heavy atom. The van der Waals surface area contributed by atoms with Gasteiger partial charge in [0.15, 0.2) is 0 Å². The van der Waals surface area contributed by atoms with Gasteiger partial charge in [-0.2, -0.15) is 0 Å². The van der Waals surface area contributed by atoms with E-state index in [-0.39, 0.29) is 6.04 Å². The quantitative estimate of drug-likeness (QED) is 0.839. The summed E-state index contributed by atoms with van der Waals surface area (Å²) in [5.74, 6) is 0.777. The first-order chi connectivity index (χ1) is 8.68. The van der Waals surface area contributed by atoms with E-state index in [0.29, 0.717) is 6.04 Å². The fraction of sp³-hybridized carbons (Fsp3) is 0.625. The Hall–Kier alpha value is -0.860. The molecule has 0 radical (unpaired) electrons. The summed E-state index contributed by atoms with van der Waals surface area (Å²) in [5.41, 5.74) is 0.277. The van der Waals surface area contributed by atoms with Crippen molar-refractivity contribution in [1.82, 2.24) is 5.32 Å². The number of benzene rings is 1. The number of aliphatic hydroxyl groups is 1. The summed E-state index contributed by atoms with van der Waals surface area (Å²) < 4.78 is 0. The molecule has 0 amide bonds. The zero-order chi connectivity index (χ0) is 12.6. The summed E-state index contributed by atoms with van der Waals surface area (Å²) in [5, 5.41) is 14.6. The van der Waals surface area contributed by atoms with Gasteiger partial charge in [0, 0.05) is 12.1 Å². The van der Waals surface area contributed by atoms with Crippen molar-refractivity contribution in [2.45, 2.75) is 56.7 Å². The zero-order valence-electron chi connectivity index (χ0n) is 11.1. The molecule has 1 aliphatic carbocycles. The Kier molecular flexibility index (Phi) is 3.16. The van der Waals surface area contributed by atoms with Crippen LogP contribution < -0.4 is 5.32 Å². The molecule has 1 aromatic carbocycles. The van der Waals surface area contributed by atoms with Crippen LogP contribution in [-0.2, 0) is 5.60 Å². The van der Waals surface area contributed by atoms with Crippen molar-refractivity contribution in [3.63, 3.8) is 0 Å². The van der Waals surface area contributed by atoms with Gasteiger partial charge in [0.25, 0.3) is 0 Å². The molecular formula is C16H23NO. The Morgan fingerprint density at radius 3 is 2.61 bits per heavy atom. The molecule has 2 aliphatic rings. The third-order valence-electron chi connectivity index (χ3n) is 4.90. The zero-order valence-corrected chi connectivity index (χ0v) is 11.1. The highest BCUT2D eigenvalue weighted by atomic mass is 16.3. The highest BCUT2D eigenvalue weighted by Gasteiger charge is 2.43. The van der Waals surface area contributed by atoms with Crippen LogP contribution in [0.1, 0.15) is 44.6 Å². The van der Waals surface area contributed by atoms with Crippen molar-refractivity contribution < 1.29 is 5.11 Å². The van der Waals surface area contributed by atoms with Gasteiger partial charge in [-0.1, -0.05) is 43.2 Å². The molecule has 2 N–H and O–H groups in total. The molecule has 1 aromatic rings. The van der Waals surface area contributed by atoms with Gasteiger partial charge >= 0.3 is 0 Å². The molecule has 2 fully saturated rings. The van der Waals surface area contributed by atoms with Gasteiger partial charge in [-0.3, -0.25) is 0 Å². The first-order valence-electron chi connectivity index (χ1n) is 7.22. The van der Waals surface area contributed by atoms with E-state index in [0.717, 1.165) is 17.9 Å². The monoisotopic (exact) mass is 245 g/mol. The summed E-state index contributed by atoms with van der Waals surface area (Å²) in [4.78, 5) is 0. The number of rotatable bonds is 2. The highest BCUT2D eigenvalue weighted by Crippen LogP contribution is 2.39. The minimum atomic E-state index is -0.751. The SMILES string of the molecule is C[C@@](O)(c1ccccc1)C1C[C@@H]2CCCC[C@@H]2N1. The Morgan fingerprint density at radius 2 is 1.89 bits per heavy atom. The second-order valence-electron chi connectivity index (χ2n) is 6.12. The minimum absolute atomic E-state index is 0.202. The number of fused-ring (bicyclic) bond motifs is 1. The average Bonchev–Trinajstić information content (AvgIpc) is 2.84. The fourth-order valence-corrected chi connectivity index (χ4v) is 3.71. The summed E-state index contributed by atoms with van der Waals surface area (Å²) >= 11 is 0. The van der Waals surface area contributed by atoms with Crippen molar-refractivity contribution in [3.8, 4) is 0 Å². The summed E-state index contributed by atoms with van der Waals surface area (Å²) in [6.07, 6.45) is 6.44. The Bertz CT molecular complexity index is 387. The van der Waals surface area contributed by atoms with Crippen LogP contribution >= 0.6 is 0 Å². The predicted octanol–water partition coefficient (Wildman–Crippen LogP) is 2.81. The maximum atomic E-state index is 10.9. The molecule has 0 spiro atoms. The van der Waals surface area contributed by atoms with E-state index >= 15 is 0 Å². The number of nitrogens with one attached hydrogen (secondary N) is 1. The second kappa shape index (κ2) is 4.67. The minimum Gasteiger partial charge on any atom is -0.384 e. The molecule has 18 heavy (non-hydrogen) atoms. The van der Waals surface area contributed by atoms with Crippen LogP contribution in [0, 0.1) is 5.92 Å². The van der Waals surface area contributed by atoms with Crippen LogP contribution in [0.2, 0.25) is 0 Å². The first kappa shape index (κ1) is 12.2.